The number of carbonyl (C=O) groups is 2. The van der Waals surface area contributed by atoms with Gasteiger partial charge >= 0.3 is 5.97 Å². The number of aryl methyl sites for hydroxylation is 1. The molecule has 5 rings (SSSR count). The smallest absolute Gasteiger partial charge is 0.303 e. The lowest BCUT2D eigenvalue weighted by Gasteiger charge is -2.45. The second-order valence-corrected chi connectivity index (χ2v) is 11.2. The minimum atomic E-state index is -0.488. The van der Waals surface area contributed by atoms with E-state index in [4.69, 9.17) is 32.7 Å². The van der Waals surface area contributed by atoms with Crippen LogP contribution in [0, 0.1) is 11.8 Å². The van der Waals surface area contributed by atoms with Gasteiger partial charge in [0.25, 0.3) is 5.24 Å². The number of anilines is 1. The van der Waals surface area contributed by atoms with Crippen molar-refractivity contribution in [2.24, 2.45) is 11.8 Å². The van der Waals surface area contributed by atoms with E-state index in [0.717, 1.165) is 61.7 Å². The molecular weight excluding hydrogens is 497 g/mol. The highest BCUT2D eigenvalue weighted by molar-refractivity contribution is 6.67. The molecule has 1 saturated carbocycles. The number of nitrogens with zero attached hydrogens (tertiary/aromatic N) is 1. The number of fused-ring (bicyclic) bond motifs is 3. The molecule has 2 aliphatic carbocycles. The molecule has 4 atom stereocenters. The summed E-state index contributed by atoms with van der Waals surface area (Å²) in [6.45, 7) is 7.41. The van der Waals surface area contributed by atoms with Crippen LogP contribution in [0.15, 0.2) is 49.1 Å². The Kier molecular flexibility index (Phi) is 7.06. The number of hydrogen-bond acceptors (Lipinski definition) is 5. The third-order valence-corrected chi connectivity index (χ3v) is 8.61. The Balaban J connectivity index is 1.51. The molecule has 2 aromatic rings. The largest absolute Gasteiger partial charge is 0.490 e. The summed E-state index contributed by atoms with van der Waals surface area (Å²) in [7, 11) is 0. The molecule has 7 heteroatoms. The predicted molar refractivity (Wildman–Crippen MR) is 142 cm³/mol. The fourth-order valence-corrected chi connectivity index (χ4v) is 6.59. The highest BCUT2D eigenvalue weighted by Gasteiger charge is 2.44. The maximum Gasteiger partial charge on any atom is 0.303 e. The van der Waals surface area contributed by atoms with Crippen molar-refractivity contribution in [3.05, 3.63) is 70.8 Å². The van der Waals surface area contributed by atoms with E-state index >= 15 is 0 Å². The fraction of sp³-hybridized carbons (Fsp3) is 0.448. The van der Waals surface area contributed by atoms with Crippen LogP contribution in [0.1, 0.15) is 54.1 Å². The maximum absolute atomic E-state index is 12.0. The zero-order valence-electron chi connectivity index (χ0n) is 20.5. The van der Waals surface area contributed by atoms with Gasteiger partial charge in [-0.2, -0.15) is 0 Å². The standard InChI is InChI=1S/C29H31Cl2NO4/c1-3-26(36-18(2)33)23-9-6-21(23)15-32-16-29(12-4-5-19-13-22(30)8-10-24(19)29)17-35-27-11-7-20(28(31)34)14-25(27)32/h3,7-8,10-11,13-14,21,23,26H,1,4-6,9,12,15-17H2,2H3/t21-,23+,26-,29-/m0/s1. The lowest BCUT2D eigenvalue weighted by molar-refractivity contribution is -0.149. The Morgan fingerprint density at radius 2 is 2.11 bits per heavy atom. The molecule has 0 amide bonds. The fourth-order valence-electron chi connectivity index (χ4n) is 6.28. The van der Waals surface area contributed by atoms with E-state index in [1.807, 2.05) is 18.2 Å². The molecule has 36 heavy (non-hydrogen) atoms. The van der Waals surface area contributed by atoms with Gasteiger partial charge in [0.2, 0.25) is 0 Å². The third kappa shape index (κ3) is 4.76. The first kappa shape index (κ1) is 25.2. The predicted octanol–water partition coefficient (Wildman–Crippen LogP) is 6.34. The molecule has 5 nitrogen and oxygen atoms in total. The molecule has 0 unspecified atom stereocenters. The van der Waals surface area contributed by atoms with E-state index in [2.05, 4.69) is 23.6 Å². The van der Waals surface area contributed by atoms with E-state index in [0.29, 0.717) is 18.1 Å². The molecular formula is C29H31Cl2NO4. The van der Waals surface area contributed by atoms with Gasteiger partial charge in [0.1, 0.15) is 11.9 Å². The molecule has 0 bridgehead atoms. The minimum Gasteiger partial charge on any atom is -0.490 e. The molecule has 0 N–H and O–H groups in total. The highest BCUT2D eigenvalue weighted by atomic mass is 35.5. The normalized spacial score (nSPS) is 25.5. The second kappa shape index (κ2) is 10.1. The van der Waals surface area contributed by atoms with Gasteiger partial charge in [0.15, 0.2) is 0 Å². The zero-order chi connectivity index (χ0) is 25.4. The number of rotatable bonds is 6. The van der Waals surface area contributed by atoms with E-state index in [1.54, 1.807) is 12.1 Å². The van der Waals surface area contributed by atoms with E-state index in [9.17, 15) is 9.59 Å². The van der Waals surface area contributed by atoms with Crippen LogP contribution in [0.4, 0.5) is 5.69 Å². The summed E-state index contributed by atoms with van der Waals surface area (Å²) in [6.07, 6.45) is 6.53. The number of ether oxygens (including phenoxy) is 2. The lowest BCUT2D eigenvalue weighted by Crippen LogP contribution is -2.49. The van der Waals surface area contributed by atoms with Crippen LogP contribution >= 0.6 is 23.2 Å². The first-order valence-electron chi connectivity index (χ1n) is 12.6. The van der Waals surface area contributed by atoms with Gasteiger partial charge in [-0.1, -0.05) is 30.3 Å². The number of hydrogen-bond donors (Lipinski definition) is 0. The van der Waals surface area contributed by atoms with Crippen LogP contribution in [0.2, 0.25) is 5.02 Å². The van der Waals surface area contributed by atoms with Crippen LogP contribution in [0.25, 0.3) is 0 Å². The number of carbonyl (C=O) groups excluding carboxylic acids is 2. The van der Waals surface area contributed by atoms with Gasteiger partial charge in [-0.3, -0.25) is 9.59 Å². The molecule has 0 radical (unpaired) electrons. The summed E-state index contributed by atoms with van der Waals surface area (Å²) < 4.78 is 12.0. The van der Waals surface area contributed by atoms with Gasteiger partial charge in [-0.25, -0.2) is 0 Å². The van der Waals surface area contributed by atoms with Crippen molar-refractivity contribution in [2.45, 2.75) is 50.5 Å². The number of benzene rings is 2. The molecule has 0 saturated heterocycles. The van der Waals surface area contributed by atoms with Crippen molar-refractivity contribution in [3.8, 4) is 5.75 Å². The topological polar surface area (TPSA) is 55.8 Å². The Morgan fingerprint density at radius 1 is 1.28 bits per heavy atom. The average Bonchev–Trinajstić information content (AvgIpc) is 2.98. The first-order valence-corrected chi connectivity index (χ1v) is 13.4. The molecule has 3 aliphatic rings. The SMILES string of the molecule is C=C[C@H](OC(C)=O)[C@@H]1CC[C@H]1CN1C[C@@]2(CCCc3cc(Cl)ccc32)COc2ccc(C(=O)Cl)cc21. The van der Waals surface area contributed by atoms with Gasteiger partial charge in [-0.15, -0.1) is 0 Å². The summed E-state index contributed by atoms with van der Waals surface area (Å²) in [5.41, 5.74) is 3.70. The van der Waals surface area contributed by atoms with Crippen molar-refractivity contribution < 1.29 is 19.1 Å². The summed E-state index contributed by atoms with van der Waals surface area (Å²) in [5.74, 6) is 0.996. The molecule has 1 fully saturated rings. The van der Waals surface area contributed by atoms with Crippen LogP contribution in [0.3, 0.4) is 0 Å². The molecule has 1 aliphatic heterocycles. The first-order chi connectivity index (χ1) is 17.3. The second-order valence-electron chi connectivity index (χ2n) is 10.4. The van der Waals surface area contributed by atoms with E-state index < -0.39 is 5.24 Å². The van der Waals surface area contributed by atoms with Crippen molar-refractivity contribution in [1.82, 2.24) is 0 Å². The number of esters is 1. The van der Waals surface area contributed by atoms with Crippen molar-refractivity contribution in [2.75, 3.05) is 24.6 Å². The van der Waals surface area contributed by atoms with Crippen molar-refractivity contribution in [3.63, 3.8) is 0 Å². The zero-order valence-corrected chi connectivity index (χ0v) is 22.0. The summed E-state index contributed by atoms with van der Waals surface area (Å²) in [4.78, 5) is 26.0. The van der Waals surface area contributed by atoms with Gasteiger partial charge in [0, 0.05) is 41.9 Å². The minimum absolute atomic E-state index is 0.199. The van der Waals surface area contributed by atoms with Crippen molar-refractivity contribution in [1.29, 1.82) is 0 Å². The van der Waals surface area contributed by atoms with Crippen LogP contribution in [0.5, 0.6) is 5.75 Å². The molecule has 2 aromatic carbocycles. The van der Waals surface area contributed by atoms with E-state index in [1.165, 1.54) is 18.1 Å². The Labute approximate surface area is 222 Å². The van der Waals surface area contributed by atoms with Crippen LogP contribution in [-0.2, 0) is 21.4 Å². The summed E-state index contributed by atoms with van der Waals surface area (Å²) in [5, 5.41) is 0.265. The van der Waals surface area contributed by atoms with E-state index in [-0.39, 0.29) is 23.4 Å². The summed E-state index contributed by atoms with van der Waals surface area (Å²) in [6, 6.07) is 11.6. The van der Waals surface area contributed by atoms with Crippen molar-refractivity contribution >= 4 is 40.1 Å². The summed E-state index contributed by atoms with van der Waals surface area (Å²) >= 11 is 12.2. The van der Waals surface area contributed by atoms with Gasteiger partial charge < -0.3 is 14.4 Å². The Morgan fingerprint density at radius 3 is 2.81 bits per heavy atom. The Bertz CT molecular complexity index is 1200. The van der Waals surface area contributed by atoms with Crippen LogP contribution in [-0.4, -0.2) is 37.0 Å². The maximum atomic E-state index is 12.0. The quantitative estimate of drug-likeness (QED) is 0.249. The highest BCUT2D eigenvalue weighted by Crippen LogP contribution is 2.47. The molecule has 1 heterocycles. The average molecular weight is 528 g/mol. The molecule has 1 spiro atoms. The monoisotopic (exact) mass is 527 g/mol. The Hall–Kier alpha value is -2.50. The lowest BCUT2D eigenvalue weighted by atomic mass is 9.68. The number of halogens is 2. The molecule has 0 aromatic heterocycles. The third-order valence-electron chi connectivity index (χ3n) is 8.15. The van der Waals surface area contributed by atoms with Crippen LogP contribution < -0.4 is 9.64 Å². The van der Waals surface area contributed by atoms with Gasteiger partial charge in [0.05, 0.1) is 12.3 Å². The van der Waals surface area contributed by atoms with Gasteiger partial charge in [-0.05, 0) is 91.1 Å². The molecule has 190 valence electrons.